The molecule has 1 atom stereocenters. The number of ketones is 1. The van der Waals surface area contributed by atoms with Gasteiger partial charge in [-0.3, -0.25) is 9.59 Å². The van der Waals surface area contributed by atoms with Gasteiger partial charge < -0.3 is 19.3 Å². The summed E-state index contributed by atoms with van der Waals surface area (Å²) in [5.74, 6) is 0.744. The molecule has 2 aromatic rings. The number of aryl methyl sites for hydroxylation is 1. The summed E-state index contributed by atoms with van der Waals surface area (Å²) in [6.07, 6.45) is 1.93. The zero-order valence-corrected chi connectivity index (χ0v) is 18.4. The van der Waals surface area contributed by atoms with Gasteiger partial charge in [-0.2, -0.15) is 0 Å². The molecule has 1 saturated carbocycles. The Morgan fingerprint density at radius 1 is 1.00 bits per heavy atom. The predicted molar refractivity (Wildman–Crippen MR) is 116 cm³/mol. The Morgan fingerprint density at radius 2 is 1.71 bits per heavy atom. The van der Waals surface area contributed by atoms with Gasteiger partial charge in [-0.25, -0.2) is 0 Å². The van der Waals surface area contributed by atoms with Gasteiger partial charge >= 0.3 is 5.97 Å². The molecule has 0 heterocycles. The van der Waals surface area contributed by atoms with E-state index in [4.69, 9.17) is 14.2 Å². The first-order valence-electron chi connectivity index (χ1n) is 10.6. The third-order valence-electron chi connectivity index (χ3n) is 6.45. The van der Waals surface area contributed by atoms with Crippen molar-refractivity contribution in [1.82, 2.24) is 0 Å². The highest BCUT2D eigenvalue weighted by atomic mass is 16.5. The minimum absolute atomic E-state index is 0.0139. The van der Waals surface area contributed by atoms with Gasteiger partial charge in [0.25, 0.3) is 0 Å². The molecule has 1 N–H and O–H groups in total. The van der Waals surface area contributed by atoms with E-state index >= 15 is 0 Å². The van der Waals surface area contributed by atoms with Crippen molar-refractivity contribution in [3.63, 3.8) is 0 Å². The fraction of sp³-hybridized carbons (Fsp3) is 0.440. The number of carboxylic acids is 1. The molecule has 1 unspecified atom stereocenters. The van der Waals surface area contributed by atoms with Crippen molar-refractivity contribution in [2.24, 2.45) is 11.3 Å². The molecule has 0 spiro atoms. The Hall–Kier alpha value is -3.02. The van der Waals surface area contributed by atoms with Gasteiger partial charge in [-0.05, 0) is 48.4 Å². The molecule has 2 aromatic carbocycles. The van der Waals surface area contributed by atoms with Crippen LogP contribution in [0.15, 0.2) is 30.3 Å². The highest BCUT2D eigenvalue weighted by molar-refractivity contribution is 6.01. The Balaban J connectivity index is 1.84. The lowest BCUT2D eigenvalue weighted by molar-refractivity contribution is -0.148. The molecule has 4 rings (SSSR count). The second kappa shape index (κ2) is 7.91. The molecule has 0 saturated heterocycles. The van der Waals surface area contributed by atoms with E-state index in [-0.39, 0.29) is 11.7 Å². The van der Waals surface area contributed by atoms with E-state index in [0.29, 0.717) is 36.5 Å². The normalized spacial score (nSPS) is 17.3. The van der Waals surface area contributed by atoms with Crippen LogP contribution in [0.2, 0.25) is 0 Å². The van der Waals surface area contributed by atoms with E-state index in [1.165, 1.54) is 0 Å². The third-order valence-corrected chi connectivity index (χ3v) is 6.45. The number of carbonyl (C=O) groups excluding carboxylic acids is 1. The Bertz CT molecular complexity index is 1030. The summed E-state index contributed by atoms with van der Waals surface area (Å²) >= 11 is 0. The van der Waals surface area contributed by atoms with Crippen LogP contribution in [0.1, 0.15) is 49.0 Å². The van der Waals surface area contributed by atoms with Crippen LogP contribution in [0.4, 0.5) is 0 Å². The third kappa shape index (κ3) is 3.54. The topological polar surface area (TPSA) is 82.1 Å². The number of methoxy groups -OCH3 is 2. The number of fused-ring (bicyclic) bond motifs is 1. The van der Waals surface area contributed by atoms with Crippen LogP contribution >= 0.6 is 0 Å². The minimum atomic E-state index is -0.885. The van der Waals surface area contributed by atoms with E-state index < -0.39 is 17.5 Å². The Kier molecular flexibility index (Phi) is 5.42. The Morgan fingerprint density at radius 3 is 2.29 bits per heavy atom. The number of carbonyl (C=O) groups is 2. The number of rotatable bonds is 8. The quantitative estimate of drug-likeness (QED) is 0.657. The predicted octanol–water partition coefficient (Wildman–Crippen LogP) is 4.77. The van der Waals surface area contributed by atoms with Crippen molar-refractivity contribution in [2.75, 3.05) is 14.2 Å². The molecule has 0 amide bonds. The zero-order valence-electron chi connectivity index (χ0n) is 18.4. The van der Waals surface area contributed by atoms with Crippen LogP contribution in [0.5, 0.6) is 17.2 Å². The second-order valence-corrected chi connectivity index (χ2v) is 8.72. The van der Waals surface area contributed by atoms with Crippen LogP contribution in [-0.4, -0.2) is 37.2 Å². The van der Waals surface area contributed by atoms with Gasteiger partial charge in [-0.15, -0.1) is 0 Å². The first-order chi connectivity index (χ1) is 14.8. The molecular weight excluding hydrogens is 396 g/mol. The van der Waals surface area contributed by atoms with E-state index in [2.05, 4.69) is 0 Å². The molecule has 2 aliphatic carbocycles. The number of hydrogen-bond acceptors (Lipinski definition) is 5. The number of aliphatic carboxylic acids is 1. The SMILES string of the molecule is COc1ccc(-c2ccc3c(c2)CCC3=O)c(OC(C(C)C)C2(C(=O)O)CC2)c1OC. The van der Waals surface area contributed by atoms with Gasteiger partial charge in [0.05, 0.1) is 14.2 Å². The van der Waals surface area contributed by atoms with E-state index in [9.17, 15) is 14.7 Å². The molecule has 0 radical (unpaired) electrons. The van der Waals surface area contributed by atoms with Crippen molar-refractivity contribution >= 4 is 11.8 Å². The van der Waals surface area contributed by atoms with Crippen molar-refractivity contribution in [2.45, 2.75) is 45.6 Å². The average molecular weight is 424 g/mol. The summed E-state index contributed by atoms with van der Waals surface area (Å²) in [4.78, 5) is 24.1. The van der Waals surface area contributed by atoms with Crippen molar-refractivity contribution in [3.05, 3.63) is 41.5 Å². The number of benzene rings is 2. The number of ether oxygens (including phenoxy) is 3. The van der Waals surface area contributed by atoms with Gasteiger partial charge in [-0.1, -0.05) is 32.0 Å². The fourth-order valence-corrected chi connectivity index (χ4v) is 4.63. The monoisotopic (exact) mass is 424 g/mol. The molecule has 164 valence electrons. The van der Waals surface area contributed by atoms with Crippen molar-refractivity contribution in [3.8, 4) is 28.4 Å². The lowest BCUT2D eigenvalue weighted by Crippen LogP contribution is -2.39. The lowest BCUT2D eigenvalue weighted by Gasteiger charge is -2.30. The van der Waals surface area contributed by atoms with Crippen molar-refractivity contribution in [1.29, 1.82) is 0 Å². The van der Waals surface area contributed by atoms with Crippen LogP contribution in [0.3, 0.4) is 0 Å². The highest BCUT2D eigenvalue weighted by Gasteiger charge is 2.59. The van der Waals surface area contributed by atoms with Gasteiger partial charge in [0.1, 0.15) is 11.5 Å². The van der Waals surface area contributed by atoms with Crippen LogP contribution in [0, 0.1) is 11.3 Å². The van der Waals surface area contributed by atoms with Crippen LogP contribution < -0.4 is 14.2 Å². The zero-order chi connectivity index (χ0) is 22.3. The van der Waals surface area contributed by atoms with Gasteiger partial charge in [0.2, 0.25) is 5.75 Å². The molecule has 31 heavy (non-hydrogen) atoms. The number of Topliss-reactive ketones (excluding diaryl/α,β-unsaturated/α-hetero) is 1. The fourth-order valence-electron chi connectivity index (χ4n) is 4.63. The molecule has 0 bridgehead atoms. The molecule has 6 heteroatoms. The lowest BCUT2D eigenvalue weighted by atomic mass is 9.90. The van der Waals surface area contributed by atoms with Crippen molar-refractivity contribution < 1.29 is 28.9 Å². The molecule has 1 fully saturated rings. The summed E-state index contributed by atoms with van der Waals surface area (Å²) in [6.45, 7) is 3.95. The van der Waals surface area contributed by atoms with E-state index in [1.807, 2.05) is 44.2 Å². The van der Waals surface area contributed by atoms with Gasteiger partial charge in [0, 0.05) is 17.5 Å². The maximum atomic E-state index is 12.0. The summed E-state index contributed by atoms with van der Waals surface area (Å²) < 4.78 is 17.6. The minimum Gasteiger partial charge on any atom is -0.493 e. The summed E-state index contributed by atoms with van der Waals surface area (Å²) in [5, 5.41) is 9.88. The number of carboxylic acid groups (broad SMARTS) is 1. The number of hydrogen-bond donors (Lipinski definition) is 1. The summed E-state index contributed by atoms with van der Waals surface area (Å²) in [6, 6.07) is 9.49. The highest BCUT2D eigenvalue weighted by Crippen LogP contribution is 2.54. The molecule has 0 aromatic heterocycles. The standard InChI is InChI=1S/C25H28O6/c1-14(2)23(25(11-12-25)24(27)28)31-21-18(8-10-20(29-3)22(21)30-4)16-5-7-17-15(13-16)6-9-19(17)26/h5,7-8,10,13-14,23H,6,9,11-12H2,1-4H3,(H,27,28). The largest absolute Gasteiger partial charge is 0.493 e. The molecule has 6 nitrogen and oxygen atoms in total. The maximum Gasteiger partial charge on any atom is 0.313 e. The summed E-state index contributed by atoms with van der Waals surface area (Å²) in [7, 11) is 3.10. The molecular formula is C25H28O6. The van der Waals surface area contributed by atoms with Gasteiger partial charge in [0.15, 0.2) is 17.3 Å². The van der Waals surface area contributed by atoms with E-state index in [1.54, 1.807) is 14.2 Å². The smallest absolute Gasteiger partial charge is 0.313 e. The first-order valence-corrected chi connectivity index (χ1v) is 10.6. The second-order valence-electron chi connectivity index (χ2n) is 8.72. The van der Waals surface area contributed by atoms with E-state index in [0.717, 1.165) is 28.7 Å². The van der Waals surface area contributed by atoms with Crippen LogP contribution in [0.25, 0.3) is 11.1 Å². The molecule has 0 aliphatic heterocycles. The average Bonchev–Trinajstić information content (AvgIpc) is 3.48. The Labute approximate surface area is 182 Å². The summed E-state index contributed by atoms with van der Waals surface area (Å²) in [5.41, 5.74) is 2.59. The first kappa shape index (κ1) is 21.2. The molecule has 2 aliphatic rings. The van der Waals surface area contributed by atoms with Crippen LogP contribution in [-0.2, 0) is 11.2 Å². The maximum absolute atomic E-state index is 12.0.